The van der Waals surface area contributed by atoms with Crippen molar-refractivity contribution < 1.29 is 38.0 Å². The molecule has 1 spiro atoms. The summed E-state index contributed by atoms with van der Waals surface area (Å²) in [6.45, 7) is 0.655. The molecule has 7 nitrogen and oxygen atoms in total. The summed E-state index contributed by atoms with van der Waals surface area (Å²) in [6.07, 6.45) is -1.25. The summed E-state index contributed by atoms with van der Waals surface area (Å²) in [5.74, 6) is -0.692. The van der Waals surface area contributed by atoms with Gasteiger partial charge in [0.1, 0.15) is 47.7 Å². The number of halogens is 4. The first kappa shape index (κ1) is 25.8. The summed E-state index contributed by atoms with van der Waals surface area (Å²) < 4.78 is 41.7. The van der Waals surface area contributed by atoms with Crippen LogP contribution in [0, 0.1) is 0 Å². The number of carbonyl (C=O) groups is 1. The van der Waals surface area contributed by atoms with E-state index in [1.807, 2.05) is 18.2 Å². The van der Waals surface area contributed by atoms with E-state index in [0.717, 1.165) is 42.7 Å². The highest BCUT2D eigenvalue weighted by atomic mass is 35.5. The molecule has 2 aromatic carbocycles. The Morgan fingerprint density at radius 1 is 1.11 bits per heavy atom. The average Bonchev–Trinajstić information content (AvgIpc) is 3.15. The highest BCUT2D eigenvalue weighted by Gasteiger charge is 2.42. The lowest BCUT2D eigenvalue weighted by molar-refractivity contribution is -0.00205. The van der Waals surface area contributed by atoms with Gasteiger partial charge in [-0.1, -0.05) is 23.2 Å². The highest BCUT2D eigenvalue weighted by Crippen LogP contribution is 2.42. The molecule has 2 heterocycles. The molecule has 11 heteroatoms. The number of hydrogen-bond acceptors (Lipinski definition) is 6. The monoisotopic (exact) mass is 531 g/mol. The van der Waals surface area contributed by atoms with Gasteiger partial charge in [0.2, 0.25) is 0 Å². The van der Waals surface area contributed by atoms with Crippen molar-refractivity contribution in [1.82, 2.24) is 4.90 Å². The molecule has 0 radical (unpaired) electrons. The minimum absolute atomic E-state index is 0.123. The predicted octanol–water partition coefficient (Wildman–Crippen LogP) is 4.54. The Morgan fingerprint density at radius 3 is 2.51 bits per heavy atom. The number of benzene rings is 2. The van der Waals surface area contributed by atoms with E-state index >= 15 is 0 Å². The molecule has 0 aromatic heterocycles. The van der Waals surface area contributed by atoms with Crippen molar-refractivity contribution in [2.24, 2.45) is 0 Å². The first-order valence-electron chi connectivity index (χ1n) is 11.1. The molecular formula is C24H25Cl2F2NO6. The van der Waals surface area contributed by atoms with Crippen molar-refractivity contribution in [2.45, 2.75) is 37.4 Å². The lowest BCUT2D eigenvalue weighted by Gasteiger charge is -2.39. The number of β-amino-alcohol motifs (C(OH)–C–C–N with tert-alkyl or cyclic N) is 1. The van der Waals surface area contributed by atoms with Crippen LogP contribution in [0.2, 0.25) is 10.0 Å². The van der Waals surface area contributed by atoms with Gasteiger partial charge in [-0.2, -0.15) is 0 Å². The molecule has 35 heavy (non-hydrogen) atoms. The largest absolute Gasteiger partial charge is 0.490 e. The molecule has 1 saturated heterocycles. The minimum Gasteiger partial charge on any atom is -0.490 e. The van der Waals surface area contributed by atoms with Crippen LogP contribution in [-0.2, 0) is 6.42 Å². The number of piperidine rings is 1. The summed E-state index contributed by atoms with van der Waals surface area (Å²) in [7, 11) is 0. The van der Waals surface area contributed by atoms with Gasteiger partial charge in [0, 0.05) is 50.0 Å². The fourth-order valence-electron chi connectivity index (χ4n) is 4.45. The number of rotatable bonds is 9. The molecule has 2 N–H and O–H groups in total. The molecule has 0 bridgehead atoms. The number of hydrogen-bond donors (Lipinski definition) is 2. The van der Waals surface area contributed by atoms with Gasteiger partial charge in [0.25, 0.3) is 6.43 Å². The Kier molecular flexibility index (Phi) is 7.90. The van der Waals surface area contributed by atoms with Gasteiger partial charge in [-0.05, 0) is 29.8 Å². The number of ether oxygens (including phenoxy) is 3. The van der Waals surface area contributed by atoms with E-state index < -0.39 is 25.1 Å². The summed E-state index contributed by atoms with van der Waals surface area (Å²) in [5.41, 5.74) is 0.581. The molecule has 0 saturated carbocycles. The number of fused-ring (bicyclic) bond motifs is 1. The molecule has 0 aliphatic carbocycles. The van der Waals surface area contributed by atoms with Crippen molar-refractivity contribution in [3.8, 4) is 17.2 Å². The van der Waals surface area contributed by atoms with Gasteiger partial charge >= 0.3 is 5.97 Å². The van der Waals surface area contributed by atoms with Crippen LogP contribution in [0.4, 0.5) is 8.78 Å². The van der Waals surface area contributed by atoms with Crippen LogP contribution in [0.3, 0.4) is 0 Å². The molecule has 0 amide bonds. The third-order valence-corrected chi connectivity index (χ3v) is 6.69. The number of carboxylic acid groups (broad SMARTS) is 1. The number of likely N-dealkylation sites (tertiary alicyclic amines) is 1. The second kappa shape index (κ2) is 10.7. The fraction of sp³-hybridized carbons (Fsp3) is 0.458. The van der Waals surface area contributed by atoms with E-state index in [2.05, 4.69) is 4.90 Å². The second-order valence-electron chi connectivity index (χ2n) is 8.77. The number of aliphatic hydroxyl groups excluding tert-OH is 1. The summed E-state index contributed by atoms with van der Waals surface area (Å²) in [5, 5.41) is 20.5. The normalized spacial score (nSPS) is 17.8. The molecule has 1 atom stereocenters. The molecule has 2 aliphatic rings. The maximum Gasteiger partial charge on any atom is 0.339 e. The molecule has 190 valence electrons. The van der Waals surface area contributed by atoms with E-state index in [0.29, 0.717) is 24.7 Å². The summed E-state index contributed by atoms with van der Waals surface area (Å²) in [6, 6.07) is 7.86. The van der Waals surface area contributed by atoms with Gasteiger partial charge in [0.15, 0.2) is 0 Å². The van der Waals surface area contributed by atoms with Crippen LogP contribution < -0.4 is 14.2 Å². The topological polar surface area (TPSA) is 88.5 Å². The van der Waals surface area contributed by atoms with E-state index in [1.54, 1.807) is 0 Å². The van der Waals surface area contributed by atoms with E-state index in [1.165, 1.54) is 0 Å². The SMILES string of the molecule is O=C(O)c1cc(Cl)c(OCC(F)F)cc1OC[C@H](O)CN1CCC2(CC1)Cc1cc(Cl)ccc1O2. The van der Waals surface area contributed by atoms with E-state index in [4.69, 9.17) is 37.4 Å². The van der Waals surface area contributed by atoms with Crippen molar-refractivity contribution >= 4 is 29.2 Å². The molecular weight excluding hydrogens is 507 g/mol. The number of aliphatic hydroxyl groups is 1. The Morgan fingerprint density at radius 2 is 1.83 bits per heavy atom. The Balaban J connectivity index is 1.31. The van der Waals surface area contributed by atoms with Crippen LogP contribution in [0.15, 0.2) is 30.3 Å². The van der Waals surface area contributed by atoms with E-state index in [9.17, 15) is 23.8 Å². The zero-order valence-electron chi connectivity index (χ0n) is 18.7. The molecule has 4 rings (SSSR count). The van der Waals surface area contributed by atoms with Crippen LogP contribution >= 0.6 is 23.2 Å². The molecule has 2 aromatic rings. The summed E-state index contributed by atoms with van der Waals surface area (Å²) >= 11 is 12.0. The molecule has 1 fully saturated rings. The van der Waals surface area contributed by atoms with E-state index in [-0.39, 0.29) is 34.3 Å². The van der Waals surface area contributed by atoms with Crippen LogP contribution in [0.1, 0.15) is 28.8 Å². The maximum absolute atomic E-state index is 12.5. The zero-order valence-corrected chi connectivity index (χ0v) is 20.2. The third-order valence-electron chi connectivity index (χ3n) is 6.16. The standard InChI is InChI=1S/C24H25Cl2F2NO6/c25-15-1-2-19-14(7-15)10-24(35-19)3-5-29(6-4-24)11-16(30)12-33-20-9-21(34-13-22(27)28)18(26)8-17(20)23(31)32/h1-2,7-9,16,22,30H,3-6,10-13H2,(H,31,32)/t16-/m1/s1. The third kappa shape index (κ3) is 6.27. The average molecular weight is 532 g/mol. The maximum atomic E-state index is 12.5. The van der Waals surface area contributed by atoms with Gasteiger partial charge in [0.05, 0.1) is 5.02 Å². The first-order chi connectivity index (χ1) is 16.6. The molecule has 2 aliphatic heterocycles. The van der Waals surface area contributed by atoms with Gasteiger partial charge < -0.3 is 29.3 Å². The second-order valence-corrected chi connectivity index (χ2v) is 9.61. The molecule has 0 unspecified atom stereocenters. The minimum atomic E-state index is -2.72. The lowest BCUT2D eigenvalue weighted by atomic mass is 9.87. The Hall–Kier alpha value is -2.33. The summed E-state index contributed by atoms with van der Waals surface area (Å²) in [4.78, 5) is 13.6. The van der Waals surface area contributed by atoms with Crippen molar-refractivity contribution in [2.75, 3.05) is 32.8 Å². The van der Waals surface area contributed by atoms with Crippen LogP contribution in [0.5, 0.6) is 17.2 Å². The van der Waals surface area contributed by atoms with Crippen LogP contribution in [-0.4, -0.2) is 72.1 Å². The van der Waals surface area contributed by atoms with Crippen molar-refractivity contribution in [3.63, 3.8) is 0 Å². The number of alkyl halides is 2. The van der Waals surface area contributed by atoms with Crippen molar-refractivity contribution in [1.29, 1.82) is 0 Å². The van der Waals surface area contributed by atoms with Crippen LogP contribution in [0.25, 0.3) is 0 Å². The van der Waals surface area contributed by atoms with Gasteiger partial charge in [-0.15, -0.1) is 0 Å². The Bertz CT molecular complexity index is 1080. The van der Waals surface area contributed by atoms with Crippen molar-refractivity contribution in [3.05, 3.63) is 51.5 Å². The fourth-order valence-corrected chi connectivity index (χ4v) is 4.86. The highest BCUT2D eigenvalue weighted by molar-refractivity contribution is 6.32. The van der Waals surface area contributed by atoms with Gasteiger partial charge in [-0.3, -0.25) is 0 Å². The quantitative estimate of drug-likeness (QED) is 0.490. The first-order valence-corrected chi connectivity index (χ1v) is 11.9. The number of aromatic carboxylic acids is 1. The lowest BCUT2D eigenvalue weighted by Crippen LogP contribution is -2.49. The Labute approximate surface area is 211 Å². The zero-order chi connectivity index (χ0) is 25.2. The number of carboxylic acids is 1. The van der Waals surface area contributed by atoms with Gasteiger partial charge in [-0.25, -0.2) is 13.6 Å². The predicted molar refractivity (Wildman–Crippen MR) is 126 cm³/mol. The smallest absolute Gasteiger partial charge is 0.339 e. The number of nitrogens with zero attached hydrogens (tertiary/aromatic N) is 1.